The summed E-state index contributed by atoms with van der Waals surface area (Å²) in [6.07, 6.45) is 0. The van der Waals surface area contributed by atoms with Crippen LogP contribution in [0.2, 0.25) is 10.0 Å². The third-order valence-corrected chi connectivity index (χ3v) is 8.18. The van der Waals surface area contributed by atoms with Gasteiger partial charge in [-0.2, -0.15) is 0 Å². The lowest BCUT2D eigenvalue weighted by Gasteiger charge is -2.20. The predicted molar refractivity (Wildman–Crippen MR) is 157 cm³/mol. The van der Waals surface area contributed by atoms with E-state index in [1.165, 1.54) is 16.3 Å². The average Bonchev–Trinajstić information content (AvgIpc) is 2.91. The Kier molecular flexibility index (Phi) is 7.56. The summed E-state index contributed by atoms with van der Waals surface area (Å²) in [5.41, 5.74) is 4.04. The summed E-state index contributed by atoms with van der Waals surface area (Å²) < 4.78 is 1.52. The van der Waals surface area contributed by atoms with Crippen LogP contribution in [0.1, 0.15) is 21.9 Å². The molecule has 0 fully saturated rings. The number of anilines is 1. The molecule has 1 aromatic heterocycles. The molecule has 0 saturated carbocycles. The third-order valence-electron chi connectivity index (χ3n) is 6.16. The van der Waals surface area contributed by atoms with Crippen LogP contribution < -0.4 is 10.9 Å². The Morgan fingerprint density at radius 2 is 1.53 bits per heavy atom. The minimum atomic E-state index is -0.712. The number of carbonyl (C=O) groups excluding carboxylic acids is 1. The van der Waals surface area contributed by atoms with Gasteiger partial charge in [0.1, 0.15) is 5.25 Å². The molecule has 5 rings (SSSR count). The Balaban J connectivity index is 1.64. The molecule has 38 heavy (non-hydrogen) atoms. The van der Waals surface area contributed by atoms with Gasteiger partial charge in [-0.3, -0.25) is 14.2 Å². The molecule has 190 valence electrons. The fraction of sp³-hybridized carbons (Fsp3) is 0.100. The standard InChI is InChI=1S/C30H23Cl2N3O2S/c1-18-12-14-21(16-24(18)31)33-28(36)27(20-8-4-3-5-9-20)38-30-34-26-11-7-6-10-23(26)29(37)35(30)22-15-13-19(2)25(32)17-22/h3-17,27H,1-2H3,(H,33,36). The van der Waals surface area contributed by atoms with Crippen molar-refractivity contribution in [3.8, 4) is 5.69 Å². The van der Waals surface area contributed by atoms with Crippen molar-refractivity contribution in [2.45, 2.75) is 24.3 Å². The molecule has 0 saturated heterocycles. The number of aromatic nitrogens is 2. The molecular formula is C30H23Cl2N3O2S. The number of amides is 1. The van der Waals surface area contributed by atoms with E-state index in [-0.39, 0.29) is 11.5 Å². The first-order valence-corrected chi connectivity index (χ1v) is 13.5. The maximum Gasteiger partial charge on any atom is 0.266 e. The Bertz CT molecular complexity index is 1720. The molecule has 5 nitrogen and oxygen atoms in total. The molecule has 5 aromatic rings. The van der Waals surface area contributed by atoms with Crippen molar-refractivity contribution in [1.82, 2.24) is 9.55 Å². The van der Waals surface area contributed by atoms with Gasteiger partial charge in [0.2, 0.25) is 5.91 Å². The van der Waals surface area contributed by atoms with Gasteiger partial charge in [0.25, 0.3) is 5.56 Å². The van der Waals surface area contributed by atoms with E-state index in [2.05, 4.69) is 5.32 Å². The first kappa shape index (κ1) is 26.0. The molecule has 1 heterocycles. The Labute approximate surface area is 234 Å². The summed E-state index contributed by atoms with van der Waals surface area (Å²) in [5.74, 6) is -0.267. The van der Waals surface area contributed by atoms with E-state index in [0.717, 1.165) is 16.7 Å². The highest BCUT2D eigenvalue weighted by molar-refractivity contribution is 8.00. The minimum absolute atomic E-state index is 0.240. The molecule has 0 radical (unpaired) electrons. The van der Waals surface area contributed by atoms with Crippen LogP contribution in [0.15, 0.2) is 101 Å². The summed E-state index contributed by atoms with van der Waals surface area (Å²) >= 11 is 13.9. The van der Waals surface area contributed by atoms with E-state index in [1.807, 2.05) is 74.5 Å². The van der Waals surface area contributed by atoms with Crippen LogP contribution in [0.4, 0.5) is 5.69 Å². The highest BCUT2D eigenvalue weighted by atomic mass is 35.5. The van der Waals surface area contributed by atoms with Gasteiger partial charge < -0.3 is 5.32 Å². The summed E-state index contributed by atoms with van der Waals surface area (Å²) in [7, 11) is 0. The lowest BCUT2D eigenvalue weighted by atomic mass is 10.1. The van der Waals surface area contributed by atoms with Crippen molar-refractivity contribution in [3.63, 3.8) is 0 Å². The number of hydrogen-bond acceptors (Lipinski definition) is 4. The number of para-hydroxylation sites is 1. The van der Waals surface area contributed by atoms with Gasteiger partial charge in [-0.15, -0.1) is 0 Å². The molecule has 0 aliphatic carbocycles. The number of benzene rings is 4. The summed E-state index contributed by atoms with van der Waals surface area (Å²) in [5, 5.41) is 4.21. The number of rotatable bonds is 6. The lowest BCUT2D eigenvalue weighted by Crippen LogP contribution is -2.24. The lowest BCUT2D eigenvalue weighted by molar-refractivity contribution is -0.115. The largest absolute Gasteiger partial charge is 0.325 e. The predicted octanol–water partition coefficient (Wildman–Crippen LogP) is 7.78. The van der Waals surface area contributed by atoms with E-state index in [4.69, 9.17) is 28.2 Å². The zero-order valence-corrected chi connectivity index (χ0v) is 22.9. The number of hydrogen-bond donors (Lipinski definition) is 1. The number of thioether (sulfide) groups is 1. The van der Waals surface area contributed by atoms with E-state index < -0.39 is 5.25 Å². The Morgan fingerprint density at radius 3 is 2.24 bits per heavy atom. The number of nitrogens with one attached hydrogen (secondary N) is 1. The van der Waals surface area contributed by atoms with Crippen molar-refractivity contribution in [3.05, 3.63) is 128 Å². The summed E-state index contributed by atoms with van der Waals surface area (Å²) in [4.78, 5) is 32.3. The molecule has 1 unspecified atom stereocenters. The molecule has 4 aromatic carbocycles. The number of aryl methyl sites for hydroxylation is 2. The van der Waals surface area contributed by atoms with E-state index >= 15 is 0 Å². The summed E-state index contributed by atoms with van der Waals surface area (Å²) in [6.45, 7) is 3.80. The monoisotopic (exact) mass is 559 g/mol. The van der Waals surface area contributed by atoms with Gasteiger partial charge in [0, 0.05) is 15.7 Å². The summed E-state index contributed by atoms with van der Waals surface area (Å²) in [6, 6.07) is 27.4. The van der Waals surface area contributed by atoms with Crippen LogP contribution >= 0.6 is 35.0 Å². The van der Waals surface area contributed by atoms with Gasteiger partial charge in [0.05, 0.1) is 16.6 Å². The number of halogens is 2. The molecule has 0 spiro atoms. The Morgan fingerprint density at radius 1 is 0.868 bits per heavy atom. The molecule has 0 bridgehead atoms. The SMILES string of the molecule is Cc1ccc(NC(=O)C(Sc2nc3ccccc3c(=O)n2-c2ccc(C)c(Cl)c2)c2ccccc2)cc1Cl. The van der Waals surface area contributed by atoms with E-state index in [1.54, 1.807) is 30.3 Å². The normalized spacial score (nSPS) is 11.9. The zero-order valence-electron chi connectivity index (χ0n) is 20.6. The number of carbonyl (C=O) groups is 1. The fourth-order valence-electron chi connectivity index (χ4n) is 4.02. The van der Waals surface area contributed by atoms with Gasteiger partial charge >= 0.3 is 0 Å². The molecule has 0 aliphatic heterocycles. The smallest absolute Gasteiger partial charge is 0.266 e. The quantitative estimate of drug-likeness (QED) is 0.170. The highest BCUT2D eigenvalue weighted by Gasteiger charge is 2.26. The fourth-order valence-corrected chi connectivity index (χ4v) is 5.49. The average molecular weight is 561 g/mol. The zero-order chi connectivity index (χ0) is 26.8. The maximum absolute atomic E-state index is 13.7. The van der Waals surface area contributed by atoms with E-state index in [0.29, 0.717) is 37.5 Å². The van der Waals surface area contributed by atoms with Gasteiger partial charge in [-0.25, -0.2) is 4.98 Å². The minimum Gasteiger partial charge on any atom is -0.325 e. The van der Waals surface area contributed by atoms with Crippen LogP contribution in [-0.2, 0) is 4.79 Å². The molecule has 8 heteroatoms. The van der Waals surface area contributed by atoms with Crippen molar-refractivity contribution < 1.29 is 4.79 Å². The van der Waals surface area contributed by atoms with Gasteiger partial charge in [0.15, 0.2) is 5.16 Å². The van der Waals surface area contributed by atoms with Crippen molar-refractivity contribution in [2.24, 2.45) is 0 Å². The van der Waals surface area contributed by atoms with Gasteiger partial charge in [-0.05, 0) is 66.9 Å². The van der Waals surface area contributed by atoms with Gasteiger partial charge in [-0.1, -0.05) is 89.6 Å². The maximum atomic E-state index is 13.7. The first-order valence-electron chi connectivity index (χ1n) is 11.9. The second-order valence-corrected chi connectivity index (χ2v) is 10.7. The number of nitrogens with zero attached hydrogens (tertiary/aromatic N) is 2. The second kappa shape index (κ2) is 11.0. The topological polar surface area (TPSA) is 64.0 Å². The van der Waals surface area contributed by atoms with Crippen LogP contribution in [0.3, 0.4) is 0 Å². The van der Waals surface area contributed by atoms with E-state index in [9.17, 15) is 9.59 Å². The number of fused-ring (bicyclic) bond motifs is 1. The van der Waals surface area contributed by atoms with Crippen molar-refractivity contribution >= 4 is 57.5 Å². The van der Waals surface area contributed by atoms with Crippen LogP contribution in [0, 0.1) is 13.8 Å². The third kappa shape index (κ3) is 5.34. The van der Waals surface area contributed by atoms with Crippen LogP contribution in [0.25, 0.3) is 16.6 Å². The highest BCUT2D eigenvalue weighted by Crippen LogP contribution is 2.37. The molecule has 1 N–H and O–H groups in total. The van der Waals surface area contributed by atoms with Crippen molar-refractivity contribution in [1.29, 1.82) is 0 Å². The van der Waals surface area contributed by atoms with Crippen molar-refractivity contribution in [2.75, 3.05) is 5.32 Å². The molecule has 1 amide bonds. The molecule has 0 aliphatic rings. The molecular weight excluding hydrogens is 537 g/mol. The second-order valence-electron chi connectivity index (χ2n) is 8.85. The first-order chi connectivity index (χ1) is 18.3. The van der Waals surface area contributed by atoms with Crippen LogP contribution in [0.5, 0.6) is 0 Å². The molecule has 1 atom stereocenters. The Hall–Kier alpha value is -3.58. The van der Waals surface area contributed by atoms with Crippen LogP contribution in [-0.4, -0.2) is 15.5 Å².